The third-order valence-corrected chi connectivity index (χ3v) is 5.53. The molecule has 2 aliphatic heterocycles. The summed E-state index contributed by atoms with van der Waals surface area (Å²) >= 11 is 0. The fourth-order valence-electron chi connectivity index (χ4n) is 3.97. The van der Waals surface area contributed by atoms with E-state index in [0.29, 0.717) is 30.0 Å². The number of nitrogens with one attached hydrogen (secondary N) is 1. The molecule has 2 amide bonds. The fraction of sp³-hybridized carbons (Fsp3) is 0.350. The number of H-pyrrole nitrogens is 1. The largest absolute Gasteiger partial charge is 0.360 e. The van der Waals surface area contributed by atoms with Gasteiger partial charge in [0.1, 0.15) is 11.5 Å². The maximum Gasteiger partial charge on any atom is 0.276 e. The number of carbonyl (C=O) groups excluding carboxylic acids is 2. The van der Waals surface area contributed by atoms with Gasteiger partial charge in [-0.15, -0.1) is 0 Å². The number of likely N-dealkylation sites (tertiary alicyclic amines) is 1. The number of para-hydroxylation sites is 1. The van der Waals surface area contributed by atoms with Gasteiger partial charge in [0.15, 0.2) is 5.69 Å². The quantitative estimate of drug-likeness (QED) is 0.717. The van der Waals surface area contributed by atoms with E-state index in [0.717, 1.165) is 15.8 Å². The Kier molecular flexibility index (Phi) is 3.94. The van der Waals surface area contributed by atoms with E-state index >= 15 is 0 Å². The summed E-state index contributed by atoms with van der Waals surface area (Å²) in [6.07, 6.45) is 0.0571. The van der Waals surface area contributed by atoms with Crippen molar-refractivity contribution in [2.45, 2.75) is 25.3 Å². The lowest BCUT2D eigenvalue weighted by Gasteiger charge is -2.26. The molecule has 0 radical (unpaired) electrons. The lowest BCUT2D eigenvalue weighted by molar-refractivity contribution is 0.0118. The van der Waals surface area contributed by atoms with E-state index in [1.54, 1.807) is 11.0 Å². The van der Waals surface area contributed by atoms with E-state index in [4.69, 9.17) is 4.52 Å². The molecular weight excluding hydrogens is 382 g/mol. The molecule has 9 heteroatoms. The van der Waals surface area contributed by atoms with Crippen LogP contribution in [-0.4, -0.2) is 57.3 Å². The van der Waals surface area contributed by atoms with E-state index in [-0.39, 0.29) is 31.1 Å². The van der Waals surface area contributed by atoms with Crippen LogP contribution in [0.5, 0.6) is 0 Å². The zero-order valence-corrected chi connectivity index (χ0v) is 15.5. The normalized spacial score (nSPS) is 18.3. The number of fused-ring (bicyclic) bond motifs is 2. The Bertz CT molecular complexity index is 1090. The average Bonchev–Trinajstić information content (AvgIpc) is 3.42. The minimum atomic E-state index is -2.88. The van der Waals surface area contributed by atoms with Crippen LogP contribution in [0.15, 0.2) is 34.9 Å². The maximum atomic E-state index is 13.5. The van der Waals surface area contributed by atoms with Crippen LogP contribution in [0, 0.1) is 0 Å². The minimum absolute atomic E-state index is 0.0202. The van der Waals surface area contributed by atoms with Gasteiger partial charge in [0, 0.05) is 42.4 Å². The minimum Gasteiger partial charge on any atom is -0.360 e. The average molecular weight is 400 g/mol. The summed E-state index contributed by atoms with van der Waals surface area (Å²) in [6.45, 7) is -0.0690. The van der Waals surface area contributed by atoms with Crippen molar-refractivity contribution in [1.29, 1.82) is 0 Å². The summed E-state index contributed by atoms with van der Waals surface area (Å²) in [5, 5.41) is 4.77. The molecule has 0 unspecified atom stereocenters. The van der Waals surface area contributed by atoms with Crippen molar-refractivity contribution in [3.05, 3.63) is 53.0 Å². The second-order valence-electron chi connectivity index (χ2n) is 7.51. The Morgan fingerprint density at radius 3 is 2.72 bits per heavy atom. The van der Waals surface area contributed by atoms with Gasteiger partial charge in [-0.1, -0.05) is 23.4 Å². The van der Waals surface area contributed by atoms with Crippen LogP contribution in [0.4, 0.5) is 8.78 Å². The van der Waals surface area contributed by atoms with Gasteiger partial charge in [0.2, 0.25) is 0 Å². The zero-order valence-electron chi connectivity index (χ0n) is 15.5. The first-order chi connectivity index (χ1) is 13.9. The molecule has 1 aromatic carbocycles. The zero-order chi connectivity index (χ0) is 20.2. The van der Waals surface area contributed by atoms with Crippen LogP contribution in [0.2, 0.25) is 0 Å². The van der Waals surface area contributed by atoms with E-state index < -0.39 is 18.4 Å². The van der Waals surface area contributed by atoms with E-state index in [1.807, 2.05) is 24.3 Å². The van der Waals surface area contributed by atoms with Crippen molar-refractivity contribution < 1.29 is 22.9 Å². The first kappa shape index (κ1) is 17.8. The summed E-state index contributed by atoms with van der Waals surface area (Å²) < 4.78 is 32.2. The van der Waals surface area contributed by atoms with Crippen LogP contribution in [-0.2, 0) is 13.0 Å². The molecule has 7 nitrogen and oxygen atoms in total. The number of alkyl halides is 2. The lowest BCUT2D eigenvalue weighted by Crippen LogP contribution is -2.37. The van der Waals surface area contributed by atoms with Crippen molar-refractivity contribution in [3.8, 4) is 0 Å². The first-order valence-electron chi connectivity index (χ1n) is 9.43. The van der Waals surface area contributed by atoms with Gasteiger partial charge in [-0.25, -0.2) is 8.78 Å². The molecule has 0 atom stereocenters. The van der Waals surface area contributed by atoms with Gasteiger partial charge in [0.25, 0.3) is 17.7 Å². The molecule has 0 bridgehead atoms. The molecule has 1 N–H and O–H groups in total. The van der Waals surface area contributed by atoms with Crippen LogP contribution >= 0.6 is 0 Å². The second-order valence-corrected chi connectivity index (χ2v) is 7.51. The Balaban J connectivity index is 1.38. The molecule has 3 aromatic rings. The number of rotatable bonds is 2. The molecular formula is C20H18F2N4O3. The van der Waals surface area contributed by atoms with Crippen molar-refractivity contribution in [2.24, 2.45) is 0 Å². The number of halogens is 2. The predicted molar refractivity (Wildman–Crippen MR) is 98.7 cm³/mol. The molecule has 5 rings (SSSR count). The van der Waals surface area contributed by atoms with Gasteiger partial charge >= 0.3 is 0 Å². The summed E-state index contributed by atoms with van der Waals surface area (Å²) in [4.78, 5) is 31.5. The molecule has 150 valence electrons. The van der Waals surface area contributed by atoms with Gasteiger partial charge in [-0.05, 0) is 12.1 Å². The third kappa shape index (κ3) is 3.06. The number of aromatic nitrogens is 2. The van der Waals surface area contributed by atoms with Crippen molar-refractivity contribution in [3.63, 3.8) is 0 Å². The van der Waals surface area contributed by atoms with E-state index in [1.165, 1.54) is 0 Å². The standard InChI is InChI=1S/C20H18F2N4O3/c21-20(22)6-8-26(11-20)19(28)17-13-10-25(7-5-16(13)29-24-17)18(27)15-9-12-3-1-2-4-14(12)23-15/h1-4,9,23H,5-8,10-11H2. The third-order valence-electron chi connectivity index (χ3n) is 5.53. The summed E-state index contributed by atoms with van der Waals surface area (Å²) in [7, 11) is 0. The highest BCUT2D eigenvalue weighted by atomic mass is 19.3. The first-order valence-corrected chi connectivity index (χ1v) is 9.43. The monoisotopic (exact) mass is 400 g/mol. The van der Waals surface area contributed by atoms with Gasteiger partial charge in [0.05, 0.1) is 13.1 Å². The number of nitrogens with zero attached hydrogens (tertiary/aromatic N) is 3. The number of carbonyl (C=O) groups is 2. The van der Waals surface area contributed by atoms with Crippen molar-refractivity contribution in [1.82, 2.24) is 19.9 Å². The number of amides is 2. The molecule has 2 aliphatic rings. The highest BCUT2D eigenvalue weighted by Crippen LogP contribution is 2.30. The van der Waals surface area contributed by atoms with Crippen LogP contribution in [0.1, 0.15) is 38.7 Å². The van der Waals surface area contributed by atoms with Gasteiger partial charge in [-0.3, -0.25) is 9.59 Å². The second kappa shape index (κ2) is 6.40. The highest BCUT2D eigenvalue weighted by Gasteiger charge is 2.42. The summed E-state index contributed by atoms with van der Waals surface area (Å²) in [5.41, 5.74) is 1.84. The summed E-state index contributed by atoms with van der Waals surface area (Å²) in [6, 6.07) is 9.38. The molecule has 4 heterocycles. The molecule has 1 saturated heterocycles. The Morgan fingerprint density at radius 2 is 1.97 bits per heavy atom. The molecule has 0 saturated carbocycles. The van der Waals surface area contributed by atoms with E-state index in [9.17, 15) is 18.4 Å². The van der Waals surface area contributed by atoms with Crippen LogP contribution < -0.4 is 0 Å². The van der Waals surface area contributed by atoms with Gasteiger partial charge in [-0.2, -0.15) is 0 Å². The van der Waals surface area contributed by atoms with Gasteiger partial charge < -0.3 is 19.3 Å². The van der Waals surface area contributed by atoms with Crippen LogP contribution in [0.3, 0.4) is 0 Å². The molecule has 0 aliphatic carbocycles. The number of hydrogen-bond acceptors (Lipinski definition) is 4. The van der Waals surface area contributed by atoms with Crippen LogP contribution in [0.25, 0.3) is 10.9 Å². The number of benzene rings is 1. The SMILES string of the molecule is O=C(c1cc2ccccc2[nH]1)N1CCc2onc(C(=O)N3CCC(F)(F)C3)c2C1. The van der Waals surface area contributed by atoms with Crippen molar-refractivity contribution in [2.75, 3.05) is 19.6 Å². The molecule has 0 spiro atoms. The molecule has 2 aromatic heterocycles. The highest BCUT2D eigenvalue weighted by molar-refractivity contribution is 5.98. The smallest absolute Gasteiger partial charge is 0.276 e. The Morgan fingerprint density at radius 1 is 1.14 bits per heavy atom. The molecule has 29 heavy (non-hydrogen) atoms. The summed E-state index contributed by atoms with van der Waals surface area (Å²) in [5.74, 6) is -3.12. The van der Waals surface area contributed by atoms with Crippen molar-refractivity contribution >= 4 is 22.7 Å². The topological polar surface area (TPSA) is 82.4 Å². The Labute approximate surface area is 164 Å². The Hall–Kier alpha value is -3.23. The number of aromatic amines is 1. The predicted octanol–water partition coefficient (Wildman–Crippen LogP) is 2.84. The molecule has 1 fully saturated rings. The lowest BCUT2D eigenvalue weighted by atomic mass is 10.0. The maximum absolute atomic E-state index is 13.5. The van der Waals surface area contributed by atoms with E-state index in [2.05, 4.69) is 10.1 Å². The number of hydrogen-bond donors (Lipinski definition) is 1. The fourth-order valence-corrected chi connectivity index (χ4v) is 3.97.